The molecule has 1 N–H and O–H groups in total. The van der Waals surface area contributed by atoms with Gasteiger partial charge in [-0.15, -0.1) is 0 Å². The van der Waals surface area contributed by atoms with Gasteiger partial charge in [0.25, 0.3) is 0 Å². The summed E-state index contributed by atoms with van der Waals surface area (Å²) < 4.78 is 0. The molecule has 1 saturated heterocycles. The highest BCUT2D eigenvalue weighted by molar-refractivity contribution is 6.36. The number of halogens is 2. The Bertz CT molecular complexity index is 407. The van der Waals surface area contributed by atoms with Gasteiger partial charge in [-0.25, -0.2) is 0 Å². The van der Waals surface area contributed by atoms with Crippen molar-refractivity contribution in [1.29, 1.82) is 0 Å². The van der Waals surface area contributed by atoms with Crippen LogP contribution < -0.4 is 10.2 Å². The van der Waals surface area contributed by atoms with Crippen LogP contribution in [0.5, 0.6) is 0 Å². The first-order valence-corrected chi connectivity index (χ1v) is 7.27. The number of hydrogen-bond donors (Lipinski definition) is 1. The summed E-state index contributed by atoms with van der Waals surface area (Å²) in [6, 6.07) is 6.26. The molecule has 2 nitrogen and oxygen atoms in total. The Morgan fingerprint density at radius 3 is 2.78 bits per heavy atom. The fourth-order valence-corrected chi connectivity index (χ4v) is 2.88. The third-order valence-corrected chi connectivity index (χ3v) is 4.02. The molecule has 1 atom stereocenters. The maximum atomic E-state index is 6.30. The zero-order chi connectivity index (χ0) is 13.1. The fraction of sp³-hybridized carbons (Fsp3) is 0.571. The van der Waals surface area contributed by atoms with E-state index in [1.165, 1.54) is 0 Å². The minimum atomic E-state index is 0.513. The smallest absolute Gasteiger partial charge is 0.0654 e. The molecule has 1 aliphatic rings. The molecule has 0 aliphatic carbocycles. The number of nitrogens with one attached hydrogen (secondary N) is 1. The van der Waals surface area contributed by atoms with Crippen molar-refractivity contribution in [2.75, 3.05) is 24.5 Å². The van der Waals surface area contributed by atoms with Gasteiger partial charge in [0.05, 0.1) is 10.7 Å². The Morgan fingerprint density at radius 2 is 2.11 bits per heavy atom. The van der Waals surface area contributed by atoms with E-state index in [0.717, 1.165) is 36.8 Å². The van der Waals surface area contributed by atoms with Crippen LogP contribution in [-0.4, -0.2) is 25.7 Å². The first kappa shape index (κ1) is 14.0. The Labute approximate surface area is 119 Å². The van der Waals surface area contributed by atoms with Crippen LogP contribution in [0, 0.1) is 5.92 Å². The molecule has 0 amide bonds. The molecule has 0 radical (unpaired) electrons. The van der Waals surface area contributed by atoms with E-state index < -0.39 is 0 Å². The SMILES string of the molecule is CC(C)C1CN(c2ccc(Cl)cc2Cl)CCCN1. The highest BCUT2D eigenvalue weighted by atomic mass is 35.5. The topological polar surface area (TPSA) is 15.3 Å². The van der Waals surface area contributed by atoms with Gasteiger partial charge < -0.3 is 10.2 Å². The van der Waals surface area contributed by atoms with Crippen LogP contribution in [0.3, 0.4) is 0 Å². The van der Waals surface area contributed by atoms with Crippen LogP contribution >= 0.6 is 23.2 Å². The molecule has 1 unspecified atom stereocenters. The van der Waals surface area contributed by atoms with E-state index >= 15 is 0 Å². The quantitative estimate of drug-likeness (QED) is 0.889. The highest BCUT2D eigenvalue weighted by Crippen LogP contribution is 2.29. The Kier molecular flexibility index (Phi) is 4.77. The molecule has 0 saturated carbocycles. The van der Waals surface area contributed by atoms with E-state index in [1.54, 1.807) is 0 Å². The maximum absolute atomic E-state index is 6.30. The predicted octanol–water partition coefficient (Wildman–Crippen LogP) is 3.82. The summed E-state index contributed by atoms with van der Waals surface area (Å²) in [4.78, 5) is 2.36. The Morgan fingerprint density at radius 1 is 1.33 bits per heavy atom. The summed E-state index contributed by atoms with van der Waals surface area (Å²) in [7, 11) is 0. The number of rotatable bonds is 2. The lowest BCUT2D eigenvalue weighted by molar-refractivity contribution is 0.420. The van der Waals surface area contributed by atoms with Gasteiger partial charge in [0.15, 0.2) is 0 Å². The molecule has 2 rings (SSSR count). The number of anilines is 1. The Hall–Kier alpha value is -0.440. The van der Waals surface area contributed by atoms with Gasteiger partial charge in [-0.05, 0) is 37.1 Å². The number of nitrogens with zero attached hydrogens (tertiary/aromatic N) is 1. The maximum Gasteiger partial charge on any atom is 0.0654 e. The average Bonchev–Trinajstić information content (AvgIpc) is 2.54. The van der Waals surface area contributed by atoms with Gasteiger partial charge in [0.1, 0.15) is 0 Å². The molecule has 0 aromatic heterocycles. The summed E-state index contributed by atoms with van der Waals surface area (Å²) >= 11 is 12.2. The zero-order valence-corrected chi connectivity index (χ0v) is 12.4. The second-order valence-electron chi connectivity index (χ2n) is 5.20. The van der Waals surface area contributed by atoms with E-state index in [1.807, 2.05) is 18.2 Å². The molecule has 4 heteroatoms. The summed E-state index contributed by atoms with van der Waals surface area (Å²) in [5, 5.41) is 5.04. The van der Waals surface area contributed by atoms with Crippen molar-refractivity contribution in [3.63, 3.8) is 0 Å². The van der Waals surface area contributed by atoms with Crippen LogP contribution in [0.15, 0.2) is 18.2 Å². The normalized spacial score (nSPS) is 21.2. The largest absolute Gasteiger partial charge is 0.369 e. The van der Waals surface area contributed by atoms with Crippen molar-refractivity contribution in [3.05, 3.63) is 28.2 Å². The van der Waals surface area contributed by atoms with Gasteiger partial charge in [0.2, 0.25) is 0 Å². The predicted molar refractivity (Wildman–Crippen MR) is 79.9 cm³/mol. The second-order valence-corrected chi connectivity index (χ2v) is 6.04. The molecule has 1 aliphatic heterocycles. The van der Waals surface area contributed by atoms with E-state index in [9.17, 15) is 0 Å². The molecule has 1 heterocycles. The van der Waals surface area contributed by atoms with Crippen molar-refractivity contribution in [2.24, 2.45) is 5.92 Å². The third kappa shape index (κ3) is 3.31. The van der Waals surface area contributed by atoms with E-state index in [0.29, 0.717) is 17.0 Å². The monoisotopic (exact) mass is 286 g/mol. The fourth-order valence-electron chi connectivity index (χ4n) is 2.35. The highest BCUT2D eigenvalue weighted by Gasteiger charge is 2.21. The minimum Gasteiger partial charge on any atom is -0.369 e. The van der Waals surface area contributed by atoms with Crippen LogP contribution in [0.1, 0.15) is 20.3 Å². The van der Waals surface area contributed by atoms with Gasteiger partial charge in [-0.2, -0.15) is 0 Å². The Balaban J connectivity index is 2.20. The van der Waals surface area contributed by atoms with Gasteiger partial charge in [-0.1, -0.05) is 37.0 Å². The molecule has 1 aromatic carbocycles. The second kappa shape index (κ2) is 6.14. The number of hydrogen-bond acceptors (Lipinski definition) is 2. The van der Waals surface area contributed by atoms with Crippen LogP contribution in [-0.2, 0) is 0 Å². The van der Waals surface area contributed by atoms with E-state index in [4.69, 9.17) is 23.2 Å². The standard InChI is InChI=1S/C14H20Cl2N2/c1-10(2)13-9-18(7-3-6-17-13)14-5-4-11(15)8-12(14)16/h4-5,8,10,13,17H,3,6-7,9H2,1-2H3. The van der Waals surface area contributed by atoms with E-state index in [-0.39, 0.29) is 0 Å². The van der Waals surface area contributed by atoms with Crippen molar-refractivity contribution >= 4 is 28.9 Å². The molecule has 0 bridgehead atoms. The van der Waals surface area contributed by atoms with Gasteiger partial charge >= 0.3 is 0 Å². The molecule has 1 fully saturated rings. The van der Waals surface area contributed by atoms with Crippen LogP contribution in [0.25, 0.3) is 0 Å². The van der Waals surface area contributed by atoms with Crippen LogP contribution in [0.2, 0.25) is 10.0 Å². The lowest BCUT2D eigenvalue weighted by Gasteiger charge is -2.29. The summed E-state index contributed by atoms with van der Waals surface area (Å²) in [5.74, 6) is 0.622. The van der Waals surface area contributed by atoms with Crippen molar-refractivity contribution in [3.8, 4) is 0 Å². The first-order chi connectivity index (χ1) is 8.58. The molecule has 0 spiro atoms. The molecular formula is C14H20Cl2N2. The summed E-state index contributed by atoms with van der Waals surface area (Å²) in [6.07, 6.45) is 1.14. The molecule has 100 valence electrons. The molecule has 1 aromatic rings. The van der Waals surface area contributed by atoms with Crippen molar-refractivity contribution in [2.45, 2.75) is 26.3 Å². The van der Waals surface area contributed by atoms with Crippen molar-refractivity contribution < 1.29 is 0 Å². The van der Waals surface area contributed by atoms with Gasteiger partial charge in [-0.3, -0.25) is 0 Å². The number of benzene rings is 1. The van der Waals surface area contributed by atoms with Crippen LogP contribution in [0.4, 0.5) is 5.69 Å². The summed E-state index contributed by atoms with van der Waals surface area (Å²) in [6.45, 7) is 7.62. The zero-order valence-electron chi connectivity index (χ0n) is 10.9. The van der Waals surface area contributed by atoms with Crippen molar-refractivity contribution in [1.82, 2.24) is 5.32 Å². The lowest BCUT2D eigenvalue weighted by Crippen LogP contribution is -2.41. The van der Waals surface area contributed by atoms with Gasteiger partial charge in [0, 0.05) is 24.2 Å². The average molecular weight is 287 g/mol. The minimum absolute atomic E-state index is 0.513. The third-order valence-electron chi connectivity index (χ3n) is 3.48. The summed E-state index contributed by atoms with van der Waals surface area (Å²) in [5.41, 5.74) is 1.09. The molecule has 18 heavy (non-hydrogen) atoms. The first-order valence-electron chi connectivity index (χ1n) is 6.51. The molecular weight excluding hydrogens is 267 g/mol. The lowest BCUT2D eigenvalue weighted by atomic mass is 10.0. The van der Waals surface area contributed by atoms with E-state index in [2.05, 4.69) is 24.1 Å².